The van der Waals surface area contributed by atoms with Crippen molar-refractivity contribution >= 4 is 26.5 Å². The zero-order valence-electron chi connectivity index (χ0n) is 19.0. The summed E-state index contributed by atoms with van der Waals surface area (Å²) in [6.07, 6.45) is 1.45. The van der Waals surface area contributed by atoms with Gasteiger partial charge >= 0.3 is 0 Å². The van der Waals surface area contributed by atoms with Gasteiger partial charge in [0.15, 0.2) is 0 Å². The smallest absolute Gasteiger partial charge is 0.289 e. The van der Waals surface area contributed by atoms with Crippen molar-refractivity contribution < 1.29 is 17.9 Å². The Labute approximate surface area is 193 Å². The van der Waals surface area contributed by atoms with Gasteiger partial charge in [0.05, 0.1) is 36.1 Å². The first-order valence-electron chi connectivity index (χ1n) is 10.4. The van der Waals surface area contributed by atoms with E-state index >= 15 is 0 Å². The van der Waals surface area contributed by atoms with Gasteiger partial charge in [-0.1, -0.05) is 24.3 Å². The molecule has 0 spiro atoms. The highest BCUT2D eigenvalue weighted by Gasteiger charge is 2.34. The molecule has 0 aliphatic rings. The number of pyridine rings is 2. The number of rotatable bonds is 6. The molecule has 0 fully saturated rings. The van der Waals surface area contributed by atoms with Gasteiger partial charge in [-0.3, -0.25) is 19.7 Å². The molecule has 1 aromatic carbocycles. The molecule has 0 saturated carbocycles. The normalized spacial score (nSPS) is 11.8. The molecule has 0 unspecified atom stereocenters. The van der Waals surface area contributed by atoms with Crippen LogP contribution < -0.4 is 9.64 Å². The first kappa shape index (κ1) is 24.1. The number of anilines is 1. The van der Waals surface area contributed by atoms with Gasteiger partial charge in [0, 0.05) is 18.3 Å². The van der Waals surface area contributed by atoms with Gasteiger partial charge in [-0.05, 0) is 50.6 Å². The largest absolute Gasteiger partial charge is 0.481 e. The Bertz CT molecular complexity index is 1270. The summed E-state index contributed by atoms with van der Waals surface area (Å²) in [5, 5.41) is -0.525. The summed E-state index contributed by atoms with van der Waals surface area (Å²) < 4.78 is 32.1. The van der Waals surface area contributed by atoms with Gasteiger partial charge < -0.3 is 4.74 Å². The SMILES string of the molecule is CCN=C(C(=O)N(Cc1cccc(C)n1)c1ccc(OC)nc1)S(=O)(=O)c1ccccc1C. The Morgan fingerprint density at radius 2 is 1.82 bits per heavy atom. The van der Waals surface area contributed by atoms with Crippen LogP contribution in [-0.2, 0) is 21.2 Å². The molecular weight excluding hydrogens is 440 g/mol. The van der Waals surface area contributed by atoms with E-state index in [1.54, 1.807) is 50.2 Å². The van der Waals surface area contributed by atoms with Crippen molar-refractivity contribution in [3.8, 4) is 5.88 Å². The maximum atomic E-state index is 13.7. The highest BCUT2D eigenvalue weighted by molar-refractivity contribution is 8.08. The zero-order chi connectivity index (χ0) is 24.0. The number of methoxy groups -OCH3 is 1. The lowest BCUT2D eigenvalue weighted by Gasteiger charge is -2.23. The van der Waals surface area contributed by atoms with Crippen LogP contribution >= 0.6 is 0 Å². The Morgan fingerprint density at radius 1 is 1.06 bits per heavy atom. The maximum absolute atomic E-state index is 13.7. The third kappa shape index (κ3) is 5.43. The molecule has 2 aromatic heterocycles. The topological polar surface area (TPSA) is 102 Å². The third-order valence-corrected chi connectivity index (χ3v) is 6.73. The van der Waals surface area contributed by atoms with Gasteiger partial charge in [0.2, 0.25) is 20.8 Å². The van der Waals surface area contributed by atoms with Gasteiger partial charge in [-0.2, -0.15) is 0 Å². The second kappa shape index (κ2) is 10.4. The molecule has 1 amide bonds. The molecule has 0 N–H and O–H groups in total. The average Bonchev–Trinajstić information content (AvgIpc) is 2.81. The Morgan fingerprint density at radius 3 is 2.42 bits per heavy atom. The Balaban J connectivity index is 2.11. The fraction of sp³-hybridized carbons (Fsp3) is 0.250. The van der Waals surface area contributed by atoms with Crippen molar-refractivity contribution in [1.29, 1.82) is 0 Å². The summed E-state index contributed by atoms with van der Waals surface area (Å²) >= 11 is 0. The average molecular weight is 467 g/mol. The van der Waals surface area contributed by atoms with E-state index in [1.807, 2.05) is 19.1 Å². The molecule has 9 heteroatoms. The van der Waals surface area contributed by atoms with E-state index in [1.165, 1.54) is 24.3 Å². The van der Waals surface area contributed by atoms with E-state index in [-0.39, 0.29) is 18.0 Å². The van der Waals surface area contributed by atoms with E-state index in [4.69, 9.17) is 4.74 Å². The molecule has 0 saturated heterocycles. The number of carbonyl (C=O) groups is 1. The fourth-order valence-corrected chi connectivity index (χ4v) is 4.87. The van der Waals surface area contributed by atoms with E-state index in [2.05, 4.69) is 15.0 Å². The highest BCUT2D eigenvalue weighted by Crippen LogP contribution is 2.23. The molecule has 0 atom stereocenters. The van der Waals surface area contributed by atoms with Crippen LogP contribution in [0.4, 0.5) is 5.69 Å². The molecule has 172 valence electrons. The Kier molecular flexibility index (Phi) is 7.55. The highest BCUT2D eigenvalue weighted by atomic mass is 32.2. The molecule has 2 heterocycles. The number of sulfone groups is 1. The predicted octanol–water partition coefficient (Wildman–Crippen LogP) is 3.53. The van der Waals surface area contributed by atoms with Gasteiger partial charge in [0.1, 0.15) is 0 Å². The number of benzene rings is 1. The summed E-state index contributed by atoms with van der Waals surface area (Å²) in [4.78, 5) is 27.9. The number of amides is 1. The molecule has 3 aromatic rings. The van der Waals surface area contributed by atoms with Crippen molar-refractivity contribution in [2.45, 2.75) is 32.2 Å². The maximum Gasteiger partial charge on any atom is 0.289 e. The summed E-state index contributed by atoms with van der Waals surface area (Å²) in [5.74, 6) is -0.384. The van der Waals surface area contributed by atoms with Crippen LogP contribution in [0.1, 0.15) is 23.9 Å². The molecule has 0 aliphatic carbocycles. The van der Waals surface area contributed by atoms with Crippen LogP contribution in [0.5, 0.6) is 5.88 Å². The van der Waals surface area contributed by atoms with E-state index in [0.29, 0.717) is 22.8 Å². The minimum atomic E-state index is -4.17. The minimum Gasteiger partial charge on any atom is -0.481 e. The molecule has 33 heavy (non-hydrogen) atoms. The van der Waals surface area contributed by atoms with Crippen LogP contribution in [0.3, 0.4) is 0 Å². The molecule has 8 nitrogen and oxygen atoms in total. The molecule has 0 bridgehead atoms. The van der Waals surface area contributed by atoms with Crippen molar-refractivity contribution in [2.24, 2.45) is 4.99 Å². The number of aryl methyl sites for hydroxylation is 2. The summed E-state index contributed by atoms with van der Waals surface area (Å²) in [7, 11) is -2.68. The van der Waals surface area contributed by atoms with Crippen LogP contribution in [0, 0.1) is 13.8 Å². The number of hydrogen-bond donors (Lipinski definition) is 0. The molecule has 3 rings (SSSR count). The van der Waals surface area contributed by atoms with Crippen LogP contribution in [-0.4, -0.2) is 43.0 Å². The molecule has 0 aliphatic heterocycles. The number of carbonyl (C=O) groups excluding carboxylic acids is 1. The molecule has 0 radical (unpaired) electrons. The lowest BCUT2D eigenvalue weighted by Crippen LogP contribution is -2.40. The predicted molar refractivity (Wildman–Crippen MR) is 127 cm³/mol. The third-order valence-electron chi connectivity index (χ3n) is 4.88. The molecular formula is C24H26N4O4S. The number of ether oxygens (including phenoxy) is 1. The lowest BCUT2D eigenvalue weighted by molar-refractivity contribution is -0.112. The van der Waals surface area contributed by atoms with E-state index in [0.717, 1.165) is 5.69 Å². The summed E-state index contributed by atoms with van der Waals surface area (Å²) in [6.45, 7) is 5.38. The second-order valence-electron chi connectivity index (χ2n) is 7.27. The first-order valence-corrected chi connectivity index (χ1v) is 11.9. The first-order chi connectivity index (χ1) is 15.8. The van der Waals surface area contributed by atoms with E-state index in [9.17, 15) is 13.2 Å². The standard InChI is InChI=1S/C24H26N4O4S/c1-5-25-23(33(30,31)21-12-7-6-9-17(21)2)24(29)28(16-19-11-8-10-18(3)27-19)20-13-14-22(32-4)26-15-20/h6-15H,5,16H2,1-4H3. The monoisotopic (exact) mass is 466 g/mol. The van der Waals surface area contributed by atoms with Crippen molar-refractivity contribution in [1.82, 2.24) is 9.97 Å². The minimum absolute atomic E-state index is 0.0422. The van der Waals surface area contributed by atoms with Gasteiger partial charge in [-0.25, -0.2) is 13.4 Å². The van der Waals surface area contributed by atoms with Crippen LogP contribution in [0.15, 0.2) is 70.7 Å². The summed E-state index contributed by atoms with van der Waals surface area (Å²) in [5.41, 5.74) is 2.31. The van der Waals surface area contributed by atoms with Gasteiger partial charge in [-0.15, -0.1) is 0 Å². The van der Waals surface area contributed by atoms with Crippen molar-refractivity contribution in [3.05, 3.63) is 77.7 Å². The van der Waals surface area contributed by atoms with Crippen LogP contribution in [0.2, 0.25) is 0 Å². The second-order valence-corrected chi connectivity index (χ2v) is 9.10. The van der Waals surface area contributed by atoms with Crippen molar-refractivity contribution in [3.63, 3.8) is 0 Å². The Hall–Kier alpha value is -3.59. The summed E-state index contributed by atoms with van der Waals surface area (Å²) in [6, 6.07) is 15.2. The van der Waals surface area contributed by atoms with Crippen molar-refractivity contribution in [2.75, 3.05) is 18.6 Å². The number of hydrogen-bond acceptors (Lipinski definition) is 7. The number of aromatic nitrogens is 2. The lowest BCUT2D eigenvalue weighted by atomic mass is 10.2. The number of aliphatic imine (C=N–C) groups is 1. The zero-order valence-corrected chi connectivity index (χ0v) is 19.8. The van der Waals surface area contributed by atoms with E-state index < -0.39 is 20.8 Å². The fourth-order valence-electron chi connectivity index (χ4n) is 3.27. The van der Waals surface area contributed by atoms with Gasteiger partial charge in [0.25, 0.3) is 5.91 Å². The quantitative estimate of drug-likeness (QED) is 0.407. The van der Waals surface area contributed by atoms with Crippen LogP contribution in [0.25, 0.3) is 0 Å². The number of nitrogens with zero attached hydrogens (tertiary/aromatic N) is 4.